The molecule has 94 valence electrons. The van der Waals surface area contributed by atoms with E-state index in [-0.39, 0.29) is 4.90 Å². The zero-order valence-electron chi connectivity index (χ0n) is 9.79. The minimum Gasteiger partial charge on any atom is -0.384 e. The van der Waals surface area contributed by atoms with Gasteiger partial charge in [-0.3, -0.25) is 4.72 Å². The first-order chi connectivity index (χ1) is 8.49. The number of nitrogens with zero attached hydrogens (tertiary/aromatic N) is 1. The predicted molar refractivity (Wildman–Crippen MR) is 70.6 cm³/mol. The Kier molecular flexibility index (Phi) is 3.20. The molecule has 0 saturated heterocycles. The van der Waals surface area contributed by atoms with E-state index < -0.39 is 10.0 Å². The van der Waals surface area contributed by atoms with Crippen LogP contribution < -0.4 is 10.5 Å². The number of nitrogens with two attached hydrogens (primary N) is 1. The lowest BCUT2D eigenvalue weighted by Gasteiger charge is -2.09. The molecule has 1 aromatic carbocycles. The van der Waals surface area contributed by atoms with Gasteiger partial charge in [0.15, 0.2) is 0 Å². The van der Waals surface area contributed by atoms with Gasteiger partial charge in [0.05, 0.1) is 16.8 Å². The van der Waals surface area contributed by atoms with Crippen LogP contribution >= 0.6 is 0 Å². The zero-order valence-corrected chi connectivity index (χ0v) is 10.6. The maximum atomic E-state index is 12.1. The monoisotopic (exact) mass is 263 g/mol. The van der Waals surface area contributed by atoms with E-state index >= 15 is 0 Å². The van der Waals surface area contributed by atoms with Crippen LogP contribution in [-0.4, -0.2) is 13.4 Å². The predicted octanol–water partition coefficient (Wildman–Crippen LogP) is 1.77. The first-order valence-electron chi connectivity index (χ1n) is 5.29. The van der Waals surface area contributed by atoms with Gasteiger partial charge in [-0.1, -0.05) is 18.2 Å². The van der Waals surface area contributed by atoms with E-state index in [2.05, 4.69) is 9.71 Å². The number of hydrogen-bond acceptors (Lipinski definition) is 4. The number of hydrogen-bond donors (Lipinski definition) is 2. The van der Waals surface area contributed by atoms with Gasteiger partial charge in [-0.25, -0.2) is 13.4 Å². The highest BCUT2D eigenvalue weighted by Crippen LogP contribution is 2.18. The quantitative estimate of drug-likeness (QED) is 0.883. The van der Waals surface area contributed by atoms with Crippen molar-refractivity contribution in [3.63, 3.8) is 0 Å². The molecule has 0 spiro atoms. The van der Waals surface area contributed by atoms with Crippen molar-refractivity contribution in [1.82, 2.24) is 4.98 Å². The van der Waals surface area contributed by atoms with Crippen LogP contribution in [0, 0.1) is 6.92 Å². The molecule has 0 bridgehead atoms. The average Bonchev–Trinajstić information content (AvgIpc) is 2.32. The molecule has 2 rings (SSSR count). The summed E-state index contributed by atoms with van der Waals surface area (Å²) in [6.07, 6.45) is 1.38. The molecule has 0 radical (unpaired) electrons. The van der Waals surface area contributed by atoms with Crippen molar-refractivity contribution in [2.45, 2.75) is 11.8 Å². The summed E-state index contributed by atoms with van der Waals surface area (Å²) in [7, 11) is -3.59. The summed E-state index contributed by atoms with van der Waals surface area (Å²) in [5, 5.41) is 0. The minimum atomic E-state index is -3.59. The van der Waals surface area contributed by atoms with Gasteiger partial charge in [0.1, 0.15) is 5.82 Å². The Bertz CT molecular complexity index is 651. The van der Waals surface area contributed by atoms with Crippen LogP contribution in [0.25, 0.3) is 0 Å². The van der Waals surface area contributed by atoms with Crippen molar-refractivity contribution in [1.29, 1.82) is 0 Å². The normalized spacial score (nSPS) is 11.2. The largest absolute Gasteiger partial charge is 0.384 e. The van der Waals surface area contributed by atoms with Crippen molar-refractivity contribution in [3.05, 3.63) is 48.2 Å². The third-order valence-corrected chi connectivity index (χ3v) is 3.96. The minimum absolute atomic E-state index is 0.252. The van der Waals surface area contributed by atoms with Gasteiger partial charge in [-0.2, -0.15) is 0 Å². The van der Waals surface area contributed by atoms with Crippen molar-refractivity contribution < 1.29 is 8.42 Å². The third-order valence-electron chi connectivity index (χ3n) is 2.42. The van der Waals surface area contributed by atoms with Crippen LogP contribution in [0.15, 0.2) is 47.5 Å². The topological polar surface area (TPSA) is 85.1 Å². The van der Waals surface area contributed by atoms with Crippen LogP contribution in [0.1, 0.15) is 5.56 Å². The Morgan fingerprint density at radius 1 is 1.17 bits per heavy atom. The Morgan fingerprint density at radius 2 is 1.89 bits per heavy atom. The average molecular weight is 263 g/mol. The van der Waals surface area contributed by atoms with Gasteiger partial charge < -0.3 is 5.73 Å². The molecule has 0 fully saturated rings. The van der Waals surface area contributed by atoms with Crippen LogP contribution in [0.3, 0.4) is 0 Å². The molecule has 6 heteroatoms. The van der Waals surface area contributed by atoms with Gasteiger partial charge in [0.25, 0.3) is 10.0 Å². The van der Waals surface area contributed by atoms with Gasteiger partial charge in [-0.05, 0) is 30.7 Å². The van der Waals surface area contributed by atoms with E-state index in [1.54, 1.807) is 37.3 Å². The second kappa shape index (κ2) is 4.66. The van der Waals surface area contributed by atoms with Gasteiger partial charge in [0.2, 0.25) is 0 Å². The number of rotatable bonds is 3. The lowest BCUT2D eigenvalue weighted by atomic mass is 10.2. The van der Waals surface area contributed by atoms with Gasteiger partial charge in [-0.15, -0.1) is 0 Å². The molecule has 5 nitrogen and oxygen atoms in total. The smallest absolute Gasteiger partial charge is 0.262 e. The molecule has 0 aliphatic rings. The molecule has 0 unspecified atom stereocenters. The Morgan fingerprint density at radius 3 is 2.50 bits per heavy atom. The standard InChI is InChI=1S/C12H13N3O2S/c1-9-4-2-3-5-11(9)18(16,17)15-10-6-7-12(13)14-8-10/h2-8,15H,1H3,(H2,13,14). The maximum Gasteiger partial charge on any atom is 0.262 e. The van der Waals surface area contributed by atoms with Crippen molar-refractivity contribution in [2.75, 3.05) is 10.5 Å². The molecule has 0 aliphatic heterocycles. The SMILES string of the molecule is Cc1ccccc1S(=O)(=O)Nc1ccc(N)nc1. The number of benzene rings is 1. The summed E-state index contributed by atoms with van der Waals surface area (Å²) < 4.78 is 26.7. The molecular formula is C12H13N3O2S. The summed E-state index contributed by atoms with van der Waals surface area (Å²) in [5.74, 6) is 0.342. The molecule has 18 heavy (non-hydrogen) atoms. The molecule has 0 amide bonds. The van der Waals surface area contributed by atoms with Crippen molar-refractivity contribution in [3.8, 4) is 0 Å². The molecule has 1 heterocycles. The Labute approximate surface area is 106 Å². The number of aromatic nitrogens is 1. The van der Waals surface area contributed by atoms with Gasteiger partial charge in [0, 0.05) is 0 Å². The molecule has 0 saturated carbocycles. The van der Waals surface area contributed by atoms with E-state index in [4.69, 9.17) is 5.73 Å². The van der Waals surface area contributed by atoms with Crippen LogP contribution in [-0.2, 0) is 10.0 Å². The number of pyridine rings is 1. The fraction of sp³-hybridized carbons (Fsp3) is 0.0833. The zero-order chi connectivity index (χ0) is 13.2. The number of aryl methyl sites for hydroxylation is 1. The fourth-order valence-electron chi connectivity index (χ4n) is 1.53. The number of sulfonamides is 1. The van der Waals surface area contributed by atoms with Crippen LogP contribution in [0.4, 0.5) is 11.5 Å². The van der Waals surface area contributed by atoms with E-state index in [1.165, 1.54) is 12.3 Å². The lowest BCUT2D eigenvalue weighted by Crippen LogP contribution is -2.14. The van der Waals surface area contributed by atoms with Crippen molar-refractivity contribution in [2.24, 2.45) is 0 Å². The summed E-state index contributed by atoms with van der Waals surface area (Å²) in [4.78, 5) is 4.08. The highest BCUT2D eigenvalue weighted by Gasteiger charge is 2.16. The molecule has 3 N–H and O–H groups in total. The van der Waals surface area contributed by atoms with E-state index in [9.17, 15) is 8.42 Å². The van der Waals surface area contributed by atoms with Gasteiger partial charge >= 0.3 is 0 Å². The second-order valence-electron chi connectivity index (χ2n) is 3.84. The summed E-state index contributed by atoms with van der Waals surface area (Å²) >= 11 is 0. The first-order valence-corrected chi connectivity index (χ1v) is 6.77. The molecule has 0 atom stereocenters. The molecule has 2 aromatic rings. The molecular weight excluding hydrogens is 250 g/mol. The number of nitrogen functional groups attached to an aromatic ring is 1. The maximum absolute atomic E-state index is 12.1. The van der Waals surface area contributed by atoms with E-state index in [1.807, 2.05) is 0 Å². The summed E-state index contributed by atoms with van der Waals surface area (Å²) in [6, 6.07) is 9.88. The van der Waals surface area contributed by atoms with Crippen LogP contribution in [0.2, 0.25) is 0 Å². The molecule has 1 aromatic heterocycles. The number of anilines is 2. The lowest BCUT2D eigenvalue weighted by molar-refractivity contribution is 0.600. The summed E-state index contributed by atoms with van der Waals surface area (Å²) in [6.45, 7) is 1.75. The molecule has 0 aliphatic carbocycles. The summed E-state index contributed by atoms with van der Waals surface area (Å²) in [5.41, 5.74) is 6.51. The number of nitrogens with one attached hydrogen (secondary N) is 1. The Balaban J connectivity index is 2.33. The first kappa shape index (κ1) is 12.4. The Hall–Kier alpha value is -2.08. The van der Waals surface area contributed by atoms with Crippen LogP contribution in [0.5, 0.6) is 0 Å². The second-order valence-corrected chi connectivity index (χ2v) is 5.49. The fourth-order valence-corrected chi connectivity index (χ4v) is 2.82. The van der Waals surface area contributed by atoms with E-state index in [0.717, 1.165) is 0 Å². The highest BCUT2D eigenvalue weighted by molar-refractivity contribution is 7.92. The third kappa shape index (κ3) is 2.60. The highest BCUT2D eigenvalue weighted by atomic mass is 32.2. The van der Waals surface area contributed by atoms with E-state index in [0.29, 0.717) is 17.1 Å². The van der Waals surface area contributed by atoms with Crippen molar-refractivity contribution >= 4 is 21.5 Å².